The zero-order valence-electron chi connectivity index (χ0n) is 11.7. The highest BCUT2D eigenvalue weighted by molar-refractivity contribution is 5.81. The SMILES string of the molecule is COCCCCC(CN)(C(=O)O)c1ccc(C)cc1. The molecule has 0 saturated heterocycles. The average molecular weight is 265 g/mol. The minimum Gasteiger partial charge on any atom is -0.481 e. The van der Waals surface area contributed by atoms with Gasteiger partial charge in [0.25, 0.3) is 0 Å². The first-order chi connectivity index (χ1) is 9.06. The Labute approximate surface area is 114 Å². The fraction of sp³-hybridized carbons (Fsp3) is 0.533. The van der Waals surface area contributed by atoms with E-state index in [9.17, 15) is 9.90 Å². The molecule has 0 amide bonds. The molecule has 0 aliphatic rings. The Morgan fingerprint density at radius 2 is 1.95 bits per heavy atom. The molecule has 0 spiro atoms. The van der Waals surface area contributed by atoms with Crippen LogP contribution in [-0.2, 0) is 14.9 Å². The van der Waals surface area contributed by atoms with Gasteiger partial charge in [0.2, 0.25) is 0 Å². The molecule has 0 heterocycles. The van der Waals surface area contributed by atoms with Crippen LogP contribution in [0.4, 0.5) is 0 Å². The van der Waals surface area contributed by atoms with Gasteiger partial charge in [-0.05, 0) is 31.7 Å². The van der Waals surface area contributed by atoms with E-state index in [2.05, 4.69) is 0 Å². The first kappa shape index (κ1) is 15.7. The summed E-state index contributed by atoms with van der Waals surface area (Å²) in [4.78, 5) is 11.7. The van der Waals surface area contributed by atoms with Crippen LogP contribution in [0.3, 0.4) is 0 Å². The van der Waals surface area contributed by atoms with Gasteiger partial charge in [0.05, 0.1) is 0 Å². The molecule has 0 saturated carbocycles. The summed E-state index contributed by atoms with van der Waals surface area (Å²) in [6.07, 6.45) is 2.16. The van der Waals surface area contributed by atoms with Crippen molar-refractivity contribution in [3.05, 3.63) is 35.4 Å². The molecule has 1 atom stereocenters. The van der Waals surface area contributed by atoms with Crippen molar-refractivity contribution in [2.24, 2.45) is 5.73 Å². The van der Waals surface area contributed by atoms with Gasteiger partial charge >= 0.3 is 5.97 Å². The summed E-state index contributed by atoms with van der Waals surface area (Å²) in [6.45, 7) is 2.74. The monoisotopic (exact) mass is 265 g/mol. The van der Waals surface area contributed by atoms with Gasteiger partial charge in [-0.2, -0.15) is 0 Å². The molecule has 0 aromatic heterocycles. The molecule has 3 N–H and O–H groups in total. The van der Waals surface area contributed by atoms with E-state index in [-0.39, 0.29) is 6.54 Å². The highest BCUT2D eigenvalue weighted by Crippen LogP contribution is 2.30. The Balaban J connectivity index is 2.91. The molecular formula is C15H23NO3. The molecule has 0 aliphatic carbocycles. The largest absolute Gasteiger partial charge is 0.481 e. The van der Waals surface area contributed by atoms with E-state index >= 15 is 0 Å². The van der Waals surface area contributed by atoms with Crippen LogP contribution >= 0.6 is 0 Å². The number of nitrogens with two attached hydrogens (primary N) is 1. The molecule has 0 fully saturated rings. The van der Waals surface area contributed by atoms with Crippen molar-refractivity contribution in [2.75, 3.05) is 20.3 Å². The lowest BCUT2D eigenvalue weighted by molar-refractivity contribution is -0.143. The Bertz CT molecular complexity index is 402. The van der Waals surface area contributed by atoms with Crippen molar-refractivity contribution in [3.8, 4) is 0 Å². The fourth-order valence-corrected chi connectivity index (χ4v) is 2.23. The maximum absolute atomic E-state index is 11.7. The van der Waals surface area contributed by atoms with Gasteiger partial charge in [-0.15, -0.1) is 0 Å². The molecule has 0 aliphatic heterocycles. The quantitative estimate of drug-likeness (QED) is 0.706. The molecule has 0 radical (unpaired) electrons. The summed E-state index contributed by atoms with van der Waals surface area (Å²) in [6, 6.07) is 7.59. The predicted octanol–water partition coefficient (Wildman–Crippen LogP) is 2.09. The highest BCUT2D eigenvalue weighted by Gasteiger charge is 2.38. The Morgan fingerprint density at radius 3 is 2.42 bits per heavy atom. The van der Waals surface area contributed by atoms with E-state index in [1.807, 2.05) is 31.2 Å². The van der Waals surface area contributed by atoms with Crippen LogP contribution in [0.5, 0.6) is 0 Å². The summed E-state index contributed by atoms with van der Waals surface area (Å²) in [7, 11) is 1.65. The first-order valence-corrected chi connectivity index (χ1v) is 6.56. The maximum Gasteiger partial charge on any atom is 0.315 e. The summed E-state index contributed by atoms with van der Waals surface area (Å²) in [5, 5.41) is 9.59. The highest BCUT2D eigenvalue weighted by atomic mass is 16.5. The van der Waals surface area contributed by atoms with Crippen molar-refractivity contribution in [1.82, 2.24) is 0 Å². The van der Waals surface area contributed by atoms with Crippen molar-refractivity contribution >= 4 is 5.97 Å². The number of aryl methyl sites for hydroxylation is 1. The van der Waals surface area contributed by atoms with Crippen LogP contribution in [-0.4, -0.2) is 31.3 Å². The third-order valence-electron chi connectivity index (χ3n) is 3.56. The van der Waals surface area contributed by atoms with E-state index in [1.54, 1.807) is 7.11 Å². The van der Waals surface area contributed by atoms with E-state index in [0.29, 0.717) is 13.0 Å². The molecule has 1 aromatic carbocycles. The van der Waals surface area contributed by atoms with Crippen molar-refractivity contribution in [2.45, 2.75) is 31.6 Å². The first-order valence-electron chi connectivity index (χ1n) is 6.56. The summed E-state index contributed by atoms with van der Waals surface area (Å²) >= 11 is 0. The molecule has 1 unspecified atom stereocenters. The number of carbonyl (C=O) groups is 1. The normalized spacial score (nSPS) is 14.1. The van der Waals surface area contributed by atoms with Crippen LogP contribution < -0.4 is 5.73 Å². The van der Waals surface area contributed by atoms with Crippen LogP contribution in [0.15, 0.2) is 24.3 Å². The number of methoxy groups -OCH3 is 1. The predicted molar refractivity (Wildman–Crippen MR) is 75.3 cm³/mol. The van der Waals surface area contributed by atoms with Gasteiger partial charge in [-0.3, -0.25) is 4.79 Å². The lowest BCUT2D eigenvalue weighted by atomic mass is 9.76. The second-order valence-electron chi connectivity index (χ2n) is 4.91. The Kier molecular flexibility index (Phi) is 5.99. The topological polar surface area (TPSA) is 72.5 Å². The van der Waals surface area contributed by atoms with E-state index in [1.165, 1.54) is 0 Å². The number of benzene rings is 1. The zero-order chi connectivity index (χ0) is 14.3. The number of hydrogen-bond donors (Lipinski definition) is 2. The van der Waals surface area contributed by atoms with Gasteiger partial charge in [0, 0.05) is 20.3 Å². The van der Waals surface area contributed by atoms with Crippen molar-refractivity contribution in [1.29, 1.82) is 0 Å². The van der Waals surface area contributed by atoms with Crippen molar-refractivity contribution < 1.29 is 14.6 Å². The third-order valence-corrected chi connectivity index (χ3v) is 3.56. The lowest BCUT2D eigenvalue weighted by Crippen LogP contribution is -2.43. The minimum absolute atomic E-state index is 0.110. The van der Waals surface area contributed by atoms with Crippen LogP contribution in [0, 0.1) is 6.92 Å². The Morgan fingerprint density at radius 1 is 1.32 bits per heavy atom. The van der Waals surface area contributed by atoms with E-state index < -0.39 is 11.4 Å². The standard InChI is InChI=1S/C15H23NO3/c1-12-5-7-13(8-6-12)15(11-16,14(17)18)9-3-4-10-19-2/h5-8H,3-4,9-11,16H2,1-2H3,(H,17,18). The zero-order valence-corrected chi connectivity index (χ0v) is 11.7. The van der Waals surface area contributed by atoms with Crippen molar-refractivity contribution in [3.63, 3.8) is 0 Å². The fourth-order valence-electron chi connectivity index (χ4n) is 2.23. The third kappa shape index (κ3) is 3.78. The number of carboxylic acid groups (broad SMARTS) is 1. The summed E-state index contributed by atoms with van der Waals surface area (Å²) in [5.74, 6) is -0.851. The van der Waals surface area contributed by atoms with E-state index in [4.69, 9.17) is 10.5 Å². The molecule has 1 aromatic rings. The average Bonchev–Trinajstić information content (AvgIpc) is 2.40. The Hall–Kier alpha value is -1.39. The lowest BCUT2D eigenvalue weighted by Gasteiger charge is -2.28. The number of aliphatic carboxylic acids is 1. The van der Waals surface area contributed by atoms with Crippen LogP contribution in [0.25, 0.3) is 0 Å². The molecule has 4 heteroatoms. The second kappa shape index (κ2) is 7.26. The van der Waals surface area contributed by atoms with E-state index in [0.717, 1.165) is 24.0 Å². The minimum atomic E-state index is -0.985. The second-order valence-corrected chi connectivity index (χ2v) is 4.91. The molecule has 1 rings (SSSR count). The van der Waals surface area contributed by atoms with Crippen LogP contribution in [0.2, 0.25) is 0 Å². The number of carboxylic acids is 1. The van der Waals surface area contributed by atoms with Gasteiger partial charge in [0.15, 0.2) is 0 Å². The van der Waals surface area contributed by atoms with Gasteiger partial charge in [-0.1, -0.05) is 29.8 Å². The van der Waals surface area contributed by atoms with Crippen LogP contribution in [0.1, 0.15) is 30.4 Å². The number of rotatable bonds is 8. The number of unbranched alkanes of at least 4 members (excludes halogenated alkanes) is 1. The summed E-state index contributed by atoms with van der Waals surface area (Å²) < 4.78 is 4.99. The summed E-state index contributed by atoms with van der Waals surface area (Å²) in [5.41, 5.74) is 6.69. The van der Waals surface area contributed by atoms with Gasteiger partial charge in [-0.25, -0.2) is 0 Å². The van der Waals surface area contributed by atoms with Gasteiger partial charge in [0.1, 0.15) is 5.41 Å². The maximum atomic E-state index is 11.7. The molecular weight excluding hydrogens is 242 g/mol. The van der Waals surface area contributed by atoms with Gasteiger partial charge < -0.3 is 15.6 Å². The number of ether oxygens (including phenoxy) is 1. The molecule has 106 valence electrons. The molecule has 4 nitrogen and oxygen atoms in total. The molecule has 19 heavy (non-hydrogen) atoms. The molecule has 0 bridgehead atoms. The number of hydrogen-bond acceptors (Lipinski definition) is 3. The smallest absolute Gasteiger partial charge is 0.315 e.